The number of allylic oxidation sites excluding steroid dienone is 1. The van der Waals surface area contributed by atoms with Gasteiger partial charge in [-0.2, -0.15) is 15.0 Å². The largest absolute Gasteiger partial charge is 0.488 e. The lowest BCUT2D eigenvalue weighted by Gasteiger charge is -2.28. The number of hydrogen-bond acceptors (Lipinski definition) is 19. The Morgan fingerprint density at radius 3 is 2.52 bits per heavy atom. The van der Waals surface area contributed by atoms with E-state index in [0.717, 1.165) is 24.1 Å². The number of ketones is 1. The Hall–Kier alpha value is -7.45. The van der Waals surface area contributed by atoms with E-state index in [0.29, 0.717) is 135 Å². The van der Waals surface area contributed by atoms with Crippen LogP contribution in [-0.2, 0) is 65.7 Å². The van der Waals surface area contributed by atoms with Crippen molar-refractivity contribution < 1.29 is 56.7 Å². The van der Waals surface area contributed by atoms with E-state index >= 15 is 0 Å². The third-order valence-corrected chi connectivity index (χ3v) is 12.9. The fraction of sp³-hybridized carbons (Fsp3) is 0.426. The molecule has 5 heterocycles. The predicted molar refractivity (Wildman–Crippen MR) is 291 cm³/mol. The highest BCUT2D eigenvalue weighted by molar-refractivity contribution is 6.31. The molecule has 1 amide bonds. The van der Waals surface area contributed by atoms with Crippen LogP contribution < -0.4 is 25.8 Å². The highest BCUT2D eigenvalue weighted by Gasteiger charge is 2.22. The number of anilines is 3. The van der Waals surface area contributed by atoms with Crippen LogP contribution in [0.15, 0.2) is 79.3 Å². The number of benzene rings is 3. The van der Waals surface area contributed by atoms with Gasteiger partial charge in [-0.1, -0.05) is 41.1 Å². The van der Waals surface area contributed by atoms with Crippen molar-refractivity contribution in [2.45, 2.75) is 51.4 Å². The molecule has 5 N–H and O–H groups in total. The molecule has 23 nitrogen and oxygen atoms in total. The summed E-state index contributed by atoms with van der Waals surface area (Å²) in [7, 11) is 5.71. The van der Waals surface area contributed by atoms with Gasteiger partial charge in [0.05, 0.1) is 109 Å². The molecule has 25 heteroatoms. The third-order valence-electron chi connectivity index (χ3n) is 12.6. The molecule has 8 rings (SSSR count). The minimum absolute atomic E-state index is 0.0193. The molecule has 0 bridgehead atoms. The van der Waals surface area contributed by atoms with Crippen molar-refractivity contribution in [2.24, 2.45) is 0 Å². The van der Waals surface area contributed by atoms with E-state index in [-0.39, 0.29) is 72.2 Å². The number of halogens is 2. The van der Waals surface area contributed by atoms with Crippen LogP contribution in [0.4, 0.5) is 21.7 Å². The van der Waals surface area contributed by atoms with Crippen LogP contribution in [0.25, 0.3) is 22.1 Å². The molecule has 1 saturated heterocycles. The number of nitrogens with zero attached hydrogens (tertiary/aromatic N) is 10. The zero-order valence-electron chi connectivity index (χ0n) is 44.4. The second-order valence-electron chi connectivity index (χ2n) is 19.3. The fourth-order valence-corrected chi connectivity index (χ4v) is 8.43. The van der Waals surface area contributed by atoms with Crippen LogP contribution in [-0.4, -0.2) is 172 Å². The summed E-state index contributed by atoms with van der Waals surface area (Å²) in [5.41, 5.74) is 11.0. The number of rotatable bonds is 32. The van der Waals surface area contributed by atoms with Crippen LogP contribution in [0.5, 0.6) is 17.8 Å². The van der Waals surface area contributed by atoms with Crippen LogP contribution in [0.3, 0.4) is 0 Å². The Labute approximate surface area is 460 Å². The summed E-state index contributed by atoms with van der Waals surface area (Å²) in [5, 5.41) is 25.7. The summed E-state index contributed by atoms with van der Waals surface area (Å²) in [6.45, 7) is 6.73. The number of aryl methyl sites for hydroxylation is 1. The molecule has 1 atom stereocenters. The standard InChI is InChI=1S/C54H65ClFN13O10/c1-69(2,16-4-5-41(70)27-38-28-43-46(30-47(38)79-42-14-18-77-34-42)59-35-60-51(43)61-39-10-12-45(56)44(55)29-39)17-20-75-23-25-76-24-22-74-19-15-67-33-40(65-66-67)11-13-48(71)58-31-36-6-8-37(9-7-36)32-68-52-49(62-54(68)72)50(57)63-53(64-52)78-26-21-73-3/h4-10,12,28-30,33,35,42H,11,13-27,31-32,34H2,1-3H3,(H4-,57,58,59,60,61,62,63,64,65,66,71,72)/p+1/b5-4+/t42-/m1/s1. The molecule has 1 aliphatic heterocycles. The molecule has 1 fully saturated rings. The Balaban J connectivity index is 0.666. The quantitative estimate of drug-likeness (QED) is 0.0241. The number of nitrogen functional groups attached to an aromatic ring is 1. The number of amides is 1. The lowest BCUT2D eigenvalue weighted by molar-refractivity contribution is -0.884. The molecule has 7 aromatic rings. The summed E-state index contributed by atoms with van der Waals surface area (Å²) in [6, 6.07) is 15.4. The number of likely N-dealkylation sites (N-methyl/N-ethyl adjacent to an activating group) is 1. The number of hydrogen-bond donors (Lipinski definition) is 4. The fourth-order valence-electron chi connectivity index (χ4n) is 8.25. The van der Waals surface area contributed by atoms with Crippen molar-refractivity contribution in [2.75, 3.05) is 111 Å². The maximum Gasteiger partial charge on any atom is 0.320 e. The SMILES string of the molecule is COCCOc1nc(N)c2nc(O)n(Cc3ccc(CNC(=O)CCc4cn(CCOCCOCCOCC[N+](C)(C)C/C=C/C(=O)Cc5cc6c(Nc7ccc(F)c(Cl)c7)ncnc6cc5O[C@@H]5CCOC5)nn4)cc3)c2n1. The monoisotopic (exact) mass is 1110 g/mol. The van der Waals surface area contributed by atoms with Gasteiger partial charge in [-0.05, 0) is 47.5 Å². The van der Waals surface area contributed by atoms with Crippen molar-refractivity contribution in [1.82, 2.24) is 49.8 Å². The summed E-state index contributed by atoms with van der Waals surface area (Å²) in [5.74, 6) is 0.398. The Morgan fingerprint density at radius 2 is 1.75 bits per heavy atom. The molecular formula is C54H66ClFN13O10+. The minimum Gasteiger partial charge on any atom is -0.488 e. The van der Waals surface area contributed by atoms with E-state index in [1.165, 1.54) is 23.0 Å². The second kappa shape index (κ2) is 28.4. The molecular weight excluding hydrogens is 1050 g/mol. The number of nitrogens with one attached hydrogen (secondary N) is 2. The molecule has 3 aromatic carbocycles. The van der Waals surface area contributed by atoms with E-state index < -0.39 is 5.82 Å². The van der Waals surface area contributed by atoms with Gasteiger partial charge in [-0.3, -0.25) is 14.2 Å². The number of methoxy groups -OCH3 is 1. The average Bonchev–Trinajstić information content (AvgIpc) is 4.36. The number of aromatic nitrogens is 9. The van der Waals surface area contributed by atoms with E-state index in [9.17, 15) is 19.1 Å². The number of carbonyl (C=O) groups excluding carboxylic acids is 2. The Morgan fingerprint density at radius 1 is 0.962 bits per heavy atom. The molecule has 4 aromatic heterocycles. The maximum absolute atomic E-state index is 13.8. The highest BCUT2D eigenvalue weighted by atomic mass is 35.5. The minimum atomic E-state index is -0.525. The van der Waals surface area contributed by atoms with Gasteiger partial charge in [0.25, 0.3) is 6.01 Å². The van der Waals surface area contributed by atoms with Gasteiger partial charge < -0.3 is 59.1 Å². The van der Waals surface area contributed by atoms with Crippen molar-refractivity contribution >= 4 is 62.7 Å². The van der Waals surface area contributed by atoms with Gasteiger partial charge in [0.1, 0.15) is 43.0 Å². The molecule has 0 spiro atoms. The normalized spacial score (nSPS) is 13.7. The van der Waals surface area contributed by atoms with Gasteiger partial charge in [0, 0.05) is 68.2 Å². The number of nitrogens with two attached hydrogens (primary N) is 1. The van der Waals surface area contributed by atoms with Crippen molar-refractivity contribution in [3.63, 3.8) is 0 Å². The van der Waals surface area contributed by atoms with Crippen LogP contribution in [0.1, 0.15) is 35.2 Å². The lowest BCUT2D eigenvalue weighted by Crippen LogP contribution is -2.42. The van der Waals surface area contributed by atoms with Crippen LogP contribution in [0.2, 0.25) is 5.02 Å². The van der Waals surface area contributed by atoms with Crippen LogP contribution in [0, 0.1) is 5.82 Å². The first kappa shape index (κ1) is 57.7. The van der Waals surface area contributed by atoms with Crippen molar-refractivity contribution in [3.05, 3.63) is 112 Å². The number of ether oxygens (including phenoxy) is 7. The van der Waals surface area contributed by atoms with E-state index in [2.05, 4.69) is 60.0 Å². The molecule has 0 saturated carbocycles. The van der Waals surface area contributed by atoms with E-state index in [1.54, 1.807) is 23.9 Å². The van der Waals surface area contributed by atoms with Gasteiger partial charge >= 0.3 is 6.01 Å². The second-order valence-corrected chi connectivity index (χ2v) is 19.7. The number of carbonyl (C=O) groups is 2. The van der Waals surface area contributed by atoms with Gasteiger partial charge in [0.15, 0.2) is 22.8 Å². The van der Waals surface area contributed by atoms with Crippen molar-refractivity contribution in [3.8, 4) is 17.8 Å². The number of imidazole rings is 1. The van der Waals surface area contributed by atoms with E-state index in [1.807, 2.05) is 48.7 Å². The first-order valence-corrected chi connectivity index (χ1v) is 26.2. The topological polar surface area (TPSA) is 269 Å². The molecule has 0 unspecified atom stereocenters. The van der Waals surface area contributed by atoms with Crippen LogP contribution >= 0.6 is 11.6 Å². The zero-order chi connectivity index (χ0) is 55.6. The zero-order valence-corrected chi connectivity index (χ0v) is 45.2. The molecule has 79 heavy (non-hydrogen) atoms. The lowest BCUT2D eigenvalue weighted by atomic mass is 10.0. The first-order chi connectivity index (χ1) is 38.3. The third kappa shape index (κ3) is 17.3. The smallest absolute Gasteiger partial charge is 0.320 e. The number of quaternary nitrogens is 1. The first-order valence-electron chi connectivity index (χ1n) is 25.9. The molecule has 420 valence electrons. The predicted octanol–water partition coefficient (Wildman–Crippen LogP) is 5.17. The Bertz CT molecular complexity index is 3170. The highest BCUT2D eigenvalue weighted by Crippen LogP contribution is 2.33. The summed E-state index contributed by atoms with van der Waals surface area (Å²) in [4.78, 5) is 47.6. The Kier molecular flexibility index (Phi) is 20.8. The summed E-state index contributed by atoms with van der Waals surface area (Å²) < 4.78 is 57.3. The molecule has 0 aliphatic carbocycles. The van der Waals surface area contributed by atoms with Gasteiger partial charge in [-0.15, -0.1) is 5.10 Å². The summed E-state index contributed by atoms with van der Waals surface area (Å²) >= 11 is 6.03. The van der Waals surface area contributed by atoms with Gasteiger partial charge in [-0.25, -0.2) is 19.0 Å². The molecule has 1 aliphatic rings. The molecule has 0 radical (unpaired) electrons. The average molecular weight is 1110 g/mol. The van der Waals surface area contributed by atoms with Gasteiger partial charge in [0.2, 0.25) is 5.91 Å². The summed E-state index contributed by atoms with van der Waals surface area (Å²) in [6.07, 6.45) is 8.11. The van der Waals surface area contributed by atoms with Crippen molar-refractivity contribution in [1.29, 1.82) is 0 Å². The maximum atomic E-state index is 13.8. The van der Waals surface area contributed by atoms with E-state index in [4.69, 9.17) is 50.5 Å². The number of fused-ring (bicyclic) bond motifs is 2. The number of aromatic hydroxyl groups is 1.